The number of halogens is 1. The molecule has 1 atom stereocenters. The van der Waals surface area contributed by atoms with E-state index in [2.05, 4.69) is 20.3 Å². The Morgan fingerprint density at radius 1 is 1.21 bits per heavy atom. The highest BCUT2D eigenvalue weighted by atomic mass is 32.2. The number of fused-ring (bicyclic) bond motifs is 1. The van der Waals surface area contributed by atoms with Crippen molar-refractivity contribution < 1.29 is 13.9 Å². The van der Waals surface area contributed by atoms with Crippen LogP contribution in [0.25, 0.3) is 0 Å². The zero-order chi connectivity index (χ0) is 23.5. The molecule has 7 nitrogen and oxygen atoms in total. The lowest BCUT2D eigenvalue weighted by Gasteiger charge is -2.28. The molecule has 0 bridgehead atoms. The third kappa shape index (κ3) is 4.83. The summed E-state index contributed by atoms with van der Waals surface area (Å²) in [4.78, 5) is 37.9. The van der Waals surface area contributed by atoms with Gasteiger partial charge in [-0.3, -0.25) is 9.78 Å². The number of nitrogens with one attached hydrogen (secondary N) is 2. The van der Waals surface area contributed by atoms with Crippen molar-refractivity contribution in [3.63, 3.8) is 0 Å². The Bertz CT molecular complexity index is 1270. The Hall–Kier alpha value is -3.46. The van der Waals surface area contributed by atoms with Crippen LogP contribution in [-0.4, -0.2) is 27.0 Å². The highest BCUT2D eigenvalue weighted by molar-refractivity contribution is 7.98. The number of anilines is 1. The fraction of sp³-hybridized carbons (Fsp3) is 0.250. The van der Waals surface area contributed by atoms with E-state index in [9.17, 15) is 14.0 Å². The number of hydrogen-bond acceptors (Lipinski definition) is 7. The molecule has 2 N–H and O–H groups in total. The Kier molecular flexibility index (Phi) is 6.60. The van der Waals surface area contributed by atoms with Crippen molar-refractivity contribution in [1.82, 2.24) is 15.0 Å². The summed E-state index contributed by atoms with van der Waals surface area (Å²) in [5.74, 6) is -0.933. The zero-order valence-corrected chi connectivity index (χ0v) is 19.2. The zero-order valence-electron chi connectivity index (χ0n) is 18.4. The molecule has 0 amide bonds. The average Bonchev–Trinajstić information content (AvgIpc) is 2.77. The van der Waals surface area contributed by atoms with Crippen LogP contribution in [0.15, 0.2) is 69.9 Å². The SMILES string of the molecule is CC1=C(C(=O)OC(C)C)C(c2ccccn2)c2c(nc(SCc3ccccc3F)[nH]c2=O)N1. The fourth-order valence-corrected chi connectivity index (χ4v) is 4.50. The first-order valence-corrected chi connectivity index (χ1v) is 11.4. The number of pyridine rings is 1. The second kappa shape index (κ2) is 9.58. The molecule has 0 fully saturated rings. The van der Waals surface area contributed by atoms with Crippen LogP contribution in [0.3, 0.4) is 0 Å². The molecule has 0 radical (unpaired) electrons. The van der Waals surface area contributed by atoms with E-state index in [-0.39, 0.29) is 17.5 Å². The number of allylic oxidation sites excluding steroid dienone is 1. The number of carbonyl (C=O) groups excluding carboxylic acids is 1. The molecule has 9 heteroatoms. The maximum Gasteiger partial charge on any atom is 0.337 e. The predicted octanol–water partition coefficient (Wildman–Crippen LogP) is 4.38. The monoisotopic (exact) mass is 466 g/mol. The minimum Gasteiger partial charge on any atom is -0.460 e. The summed E-state index contributed by atoms with van der Waals surface area (Å²) in [6, 6.07) is 11.8. The number of ether oxygens (including phenoxy) is 1. The molecule has 33 heavy (non-hydrogen) atoms. The summed E-state index contributed by atoms with van der Waals surface area (Å²) in [6.07, 6.45) is 1.29. The summed E-state index contributed by atoms with van der Waals surface area (Å²) in [7, 11) is 0. The largest absolute Gasteiger partial charge is 0.460 e. The molecule has 1 aromatic carbocycles. The standard InChI is InChI=1S/C24H23FN4O3S/c1-13(2)32-23(31)18-14(3)27-21-20(19(18)17-10-6-7-11-26-17)22(30)29-24(28-21)33-12-15-8-4-5-9-16(15)25/h4-11,13,19H,12H2,1-3H3,(H2,27,28,29,30). The first-order chi connectivity index (χ1) is 15.8. The van der Waals surface area contributed by atoms with Gasteiger partial charge in [-0.25, -0.2) is 14.2 Å². The van der Waals surface area contributed by atoms with E-state index in [0.717, 1.165) is 0 Å². The van der Waals surface area contributed by atoms with Crippen LogP contribution in [0.1, 0.15) is 43.5 Å². The summed E-state index contributed by atoms with van der Waals surface area (Å²) < 4.78 is 19.4. The lowest BCUT2D eigenvalue weighted by molar-refractivity contribution is -0.143. The number of aromatic amines is 1. The third-order valence-corrected chi connectivity index (χ3v) is 6.01. The van der Waals surface area contributed by atoms with Gasteiger partial charge in [-0.05, 0) is 44.5 Å². The first-order valence-electron chi connectivity index (χ1n) is 10.4. The Morgan fingerprint density at radius 3 is 2.67 bits per heavy atom. The number of hydrogen-bond donors (Lipinski definition) is 2. The predicted molar refractivity (Wildman–Crippen MR) is 124 cm³/mol. The number of esters is 1. The fourth-order valence-electron chi connectivity index (χ4n) is 3.65. The van der Waals surface area contributed by atoms with E-state index in [1.807, 2.05) is 0 Å². The number of aromatic nitrogens is 3. The van der Waals surface area contributed by atoms with Crippen LogP contribution in [-0.2, 0) is 15.3 Å². The average molecular weight is 467 g/mol. The van der Waals surface area contributed by atoms with Gasteiger partial charge in [0.15, 0.2) is 5.16 Å². The Morgan fingerprint density at radius 2 is 1.97 bits per heavy atom. The first kappa shape index (κ1) is 22.7. The lowest BCUT2D eigenvalue weighted by atomic mass is 9.85. The highest BCUT2D eigenvalue weighted by Crippen LogP contribution is 2.39. The second-order valence-electron chi connectivity index (χ2n) is 7.82. The van der Waals surface area contributed by atoms with Crippen molar-refractivity contribution in [2.45, 2.75) is 43.7 Å². The van der Waals surface area contributed by atoms with Crippen molar-refractivity contribution in [2.75, 3.05) is 5.32 Å². The molecular weight excluding hydrogens is 443 g/mol. The summed E-state index contributed by atoms with van der Waals surface area (Å²) in [5.41, 5.74) is 1.78. The topological polar surface area (TPSA) is 97.0 Å². The van der Waals surface area contributed by atoms with Crippen LogP contribution in [0.5, 0.6) is 0 Å². The van der Waals surface area contributed by atoms with Crippen molar-refractivity contribution in [3.05, 3.63) is 92.9 Å². The van der Waals surface area contributed by atoms with Gasteiger partial charge in [-0.2, -0.15) is 0 Å². The minimum atomic E-state index is -0.740. The van der Waals surface area contributed by atoms with Crippen molar-refractivity contribution >= 4 is 23.5 Å². The molecule has 1 aliphatic heterocycles. The normalized spacial score (nSPS) is 15.2. The van der Waals surface area contributed by atoms with Gasteiger partial charge in [-0.15, -0.1) is 0 Å². The minimum absolute atomic E-state index is 0.283. The number of rotatable bonds is 6. The molecule has 0 spiro atoms. The molecule has 3 aromatic rings. The molecule has 0 saturated heterocycles. The number of thioether (sulfide) groups is 1. The van der Waals surface area contributed by atoms with E-state index in [1.165, 1.54) is 17.8 Å². The van der Waals surface area contributed by atoms with Crippen LogP contribution >= 0.6 is 11.8 Å². The molecule has 0 aliphatic carbocycles. The highest BCUT2D eigenvalue weighted by Gasteiger charge is 2.37. The van der Waals surface area contributed by atoms with E-state index < -0.39 is 17.4 Å². The number of benzene rings is 1. The lowest BCUT2D eigenvalue weighted by Crippen LogP contribution is -2.32. The van der Waals surface area contributed by atoms with Gasteiger partial charge in [0.2, 0.25) is 0 Å². The summed E-state index contributed by atoms with van der Waals surface area (Å²) in [5, 5.41) is 3.43. The van der Waals surface area contributed by atoms with Gasteiger partial charge in [0.1, 0.15) is 11.6 Å². The van der Waals surface area contributed by atoms with Crippen LogP contribution in [0.4, 0.5) is 10.2 Å². The molecule has 4 rings (SSSR count). The van der Waals surface area contributed by atoms with E-state index >= 15 is 0 Å². The third-order valence-electron chi connectivity index (χ3n) is 5.09. The van der Waals surface area contributed by atoms with Crippen LogP contribution in [0, 0.1) is 5.82 Å². The van der Waals surface area contributed by atoms with Gasteiger partial charge in [0.25, 0.3) is 5.56 Å². The molecule has 2 aromatic heterocycles. The van der Waals surface area contributed by atoms with Gasteiger partial charge < -0.3 is 15.0 Å². The van der Waals surface area contributed by atoms with Crippen molar-refractivity contribution in [1.29, 1.82) is 0 Å². The maximum atomic E-state index is 14.0. The Labute approximate surface area is 194 Å². The molecule has 0 saturated carbocycles. The van der Waals surface area contributed by atoms with Crippen LogP contribution < -0.4 is 10.9 Å². The summed E-state index contributed by atoms with van der Waals surface area (Å²) in [6.45, 7) is 5.27. The molecule has 1 aliphatic rings. The smallest absolute Gasteiger partial charge is 0.337 e. The van der Waals surface area contributed by atoms with E-state index in [1.54, 1.807) is 63.4 Å². The van der Waals surface area contributed by atoms with Gasteiger partial charge in [0, 0.05) is 17.6 Å². The van der Waals surface area contributed by atoms with Gasteiger partial charge >= 0.3 is 5.97 Å². The van der Waals surface area contributed by atoms with Crippen molar-refractivity contribution in [3.8, 4) is 0 Å². The number of H-pyrrole nitrogens is 1. The van der Waals surface area contributed by atoms with E-state index in [4.69, 9.17) is 4.74 Å². The molecule has 170 valence electrons. The van der Waals surface area contributed by atoms with Crippen molar-refractivity contribution in [2.24, 2.45) is 0 Å². The quantitative estimate of drug-likeness (QED) is 0.316. The number of carbonyl (C=O) groups is 1. The Balaban J connectivity index is 1.75. The van der Waals surface area contributed by atoms with Crippen LogP contribution in [0.2, 0.25) is 0 Å². The maximum absolute atomic E-state index is 14.0. The molecular formula is C24H23FN4O3S. The van der Waals surface area contributed by atoms with Gasteiger partial charge in [0.05, 0.1) is 28.9 Å². The van der Waals surface area contributed by atoms with E-state index in [0.29, 0.717) is 39.3 Å². The molecule has 3 heterocycles. The summed E-state index contributed by atoms with van der Waals surface area (Å²) >= 11 is 1.22. The molecule has 1 unspecified atom stereocenters. The van der Waals surface area contributed by atoms with Gasteiger partial charge in [-0.1, -0.05) is 36.0 Å². The second-order valence-corrected chi connectivity index (χ2v) is 8.78. The number of nitrogens with zero attached hydrogens (tertiary/aromatic N) is 2.